The number of nitrogens with one attached hydrogen (secondary N) is 1. The number of rotatable bonds is 4. The van der Waals surface area contributed by atoms with Gasteiger partial charge in [-0.3, -0.25) is 4.79 Å². The largest absolute Gasteiger partial charge is 0.322 e. The molecule has 0 atom stereocenters. The lowest BCUT2D eigenvalue weighted by molar-refractivity contribution is 0.102. The highest BCUT2D eigenvalue weighted by atomic mass is 32.2. The smallest absolute Gasteiger partial charge is 0.256 e. The number of tetrazole rings is 1. The fraction of sp³-hybridized carbons (Fsp3) is 0.125. The molecule has 0 unspecified atom stereocenters. The summed E-state index contributed by atoms with van der Waals surface area (Å²) in [4.78, 5) is 12.5. The number of aryl methyl sites for hydroxylation is 1. The first kappa shape index (κ1) is 16.8. The van der Waals surface area contributed by atoms with Gasteiger partial charge in [0.25, 0.3) is 5.91 Å². The fourth-order valence-corrected chi connectivity index (χ4v) is 3.27. The zero-order valence-electron chi connectivity index (χ0n) is 13.5. The Morgan fingerprint density at radius 2 is 1.88 bits per heavy atom. The minimum absolute atomic E-state index is 0.0128. The molecule has 0 saturated heterocycles. The van der Waals surface area contributed by atoms with E-state index in [4.69, 9.17) is 0 Å². The molecule has 0 aliphatic rings. The predicted molar refractivity (Wildman–Crippen MR) is 91.7 cm³/mol. The van der Waals surface area contributed by atoms with Crippen LogP contribution in [0.5, 0.6) is 0 Å². The van der Waals surface area contributed by atoms with Crippen LogP contribution in [0.15, 0.2) is 53.4 Å². The topological polar surface area (TPSA) is 107 Å². The molecule has 1 N–H and O–H groups in total. The molecule has 1 aromatic heterocycles. The quantitative estimate of drug-likeness (QED) is 0.759. The van der Waals surface area contributed by atoms with Gasteiger partial charge in [0.15, 0.2) is 15.7 Å². The summed E-state index contributed by atoms with van der Waals surface area (Å²) in [5.74, 6) is 0.0434. The standard InChI is InChI=1S/C16H15N5O3S/c1-21-15(18-19-20-21)11-6-5-7-12(10-11)17-16(22)13-8-3-4-9-14(13)25(2,23)24/h3-10H,1-2H3,(H,17,22). The van der Waals surface area contributed by atoms with Crippen molar-refractivity contribution in [1.82, 2.24) is 20.2 Å². The minimum atomic E-state index is -3.51. The van der Waals surface area contributed by atoms with Crippen molar-refractivity contribution < 1.29 is 13.2 Å². The van der Waals surface area contributed by atoms with Crippen LogP contribution >= 0.6 is 0 Å². The number of benzene rings is 2. The van der Waals surface area contributed by atoms with Crippen LogP contribution in [0.25, 0.3) is 11.4 Å². The summed E-state index contributed by atoms with van der Waals surface area (Å²) < 4.78 is 25.2. The van der Waals surface area contributed by atoms with Gasteiger partial charge in [-0.15, -0.1) is 5.10 Å². The second kappa shape index (κ2) is 6.44. The molecule has 3 aromatic rings. The molecule has 2 aromatic carbocycles. The molecule has 0 aliphatic carbocycles. The van der Waals surface area contributed by atoms with Crippen LogP contribution in [-0.4, -0.2) is 40.8 Å². The van der Waals surface area contributed by atoms with E-state index in [-0.39, 0.29) is 10.5 Å². The molecule has 3 rings (SSSR count). The molecule has 1 amide bonds. The monoisotopic (exact) mass is 357 g/mol. The lowest BCUT2D eigenvalue weighted by Gasteiger charge is -2.10. The van der Waals surface area contributed by atoms with E-state index in [2.05, 4.69) is 20.8 Å². The second-order valence-electron chi connectivity index (χ2n) is 5.43. The molecule has 0 spiro atoms. The van der Waals surface area contributed by atoms with E-state index >= 15 is 0 Å². The first-order valence-electron chi connectivity index (χ1n) is 7.29. The van der Waals surface area contributed by atoms with E-state index in [1.54, 1.807) is 37.4 Å². The highest BCUT2D eigenvalue weighted by Gasteiger charge is 2.18. The van der Waals surface area contributed by atoms with Crippen LogP contribution in [0.1, 0.15) is 10.4 Å². The summed E-state index contributed by atoms with van der Waals surface area (Å²) in [5.41, 5.74) is 1.33. The summed E-state index contributed by atoms with van der Waals surface area (Å²) in [6.07, 6.45) is 1.07. The Morgan fingerprint density at radius 1 is 1.12 bits per heavy atom. The number of anilines is 1. The number of carbonyl (C=O) groups is 1. The van der Waals surface area contributed by atoms with Crippen molar-refractivity contribution >= 4 is 21.4 Å². The molecule has 1 heterocycles. The number of amides is 1. The summed E-state index contributed by atoms with van der Waals surface area (Å²) in [5, 5.41) is 14.0. The van der Waals surface area contributed by atoms with E-state index in [9.17, 15) is 13.2 Å². The SMILES string of the molecule is Cn1nnnc1-c1cccc(NC(=O)c2ccccc2S(C)(=O)=O)c1. The third kappa shape index (κ3) is 3.56. The molecule has 0 radical (unpaired) electrons. The first-order valence-corrected chi connectivity index (χ1v) is 9.18. The normalized spacial score (nSPS) is 11.3. The van der Waals surface area contributed by atoms with Gasteiger partial charge in [0.1, 0.15) is 0 Å². The molecule has 9 heteroatoms. The second-order valence-corrected chi connectivity index (χ2v) is 7.41. The summed E-state index contributed by atoms with van der Waals surface area (Å²) in [6.45, 7) is 0. The van der Waals surface area contributed by atoms with Crippen LogP contribution in [0.3, 0.4) is 0 Å². The molecular formula is C16H15N5O3S. The van der Waals surface area contributed by atoms with Crippen LogP contribution in [-0.2, 0) is 16.9 Å². The van der Waals surface area contributed by atoms with Crippen LogP contribution < -0.4 is 5.32 Å². The van der Waals surface area contributed by atoms with E-state index in [1.807, 2.05) is 6.07 Å². The Kier molecular flexibility index (Phi) is 4.32. The van der Waals surface area contributed by atoms with Crippen molar-refractivity contribution in [3.63, 3.8) is 0 Å². The van der Waals surface area contributed by atoms with Gasteiger partial charge in [0, 0.05) is 24.6 Å². The molecule has 0 bridgehead atoms. The Hall–Kier alpha value is -3.07. The van der Waals surface area contributed by atoms with E-state index in [0.717, 1.165) is 11.8 Å². The van der Waals surface area contributed by atoms with E-state index in [0.29, 0.717) is 11.5 Å². The van der Waals surface area contributed by atoms with Crippen LogP contribution in [0.2, 0.25) is 0 Å². The minimum Gasteiger partial charge on any atom is -0.322 e. The van der Waals surface area contributed by atoms with Crippen molar-refractivity contribution in [3.05, 3.63) is 54.1 Å². The number of hydrogen-bond donors (Lipinski definition) is 1. The Labute approximate surface area is 144 Å². The highest BCUT2D eigenvalue weighted by molar-refractivity contribution is 7.90. The maximum atomic E-state index is 12.5. The molecule has 0 aliphatic heterocycles. The zero-order valence-corrected chi connectivity index (χ0v) is 14.4. The molecular weight excluding hydrogens is 342 g/mol. The van der Waals surface area contributed by atoms with Gasteiger partial charge in [0.2, 0.25) is 0 Å². The maximum Gasteiger partial charge on any atom is 0.256 e. The van der Waals surface area contributed by atoms with Gasteiger partial charge in [-0.1, -0.05) is 24.3 Å². The number of hydrogen-bond acceptors (Lipinski definition) is 6. The fourth-order valence-electron chi connectivity index (χ4n) is 2.39. The summed E-state index contributed by atoms with van der Waals surface area (Å²) in [6, 6.07) is 13.1. The third-order valence-corrected chi connectivity index (χ3v) is 4.68. The van der Waals surface area contributed by atoms with Gasteiger partial charge < -0.3 is 5.32 Å². The molecule has 8 nitrogen and oxygen atoms in total. The lowest BCUT2D eigenvalue weighted by Crippen LogP contribution is -2.16. The van der Waals surface area contributed by atoms with Crippen molar-refractivity contribution in [3.8, 4) is 11.4 Å². The number of aromatic nitrogens is 4. The van der Waals surface area contributed by atoms with Gasteiger partial charge in [-0.05, 0) is 34.7 Å². The molecule has 0 saturated carbocycles. The summed E-state index contributed by atoms with van der Waals surface area (Å²) in [7, 11) is -1.80. The first-order chi connectivity index (χ1) is 11.9. The Bertz CT molecular complexity index is 1040. The molecule has 128 valence electrons. The average molecular weight is 357 g/mol. The number of nitrogens with zero attached hydrogens (tertiary/aromatic N) is 4. The highest BCUT2D eigenvalue weighted by Crippen LogP contribution is 2.21. The van der Waals surface area contributed by atoms with Crippen molar-refractivity contribution in [2.75, 3.05) is 11.6 Å². The molecule has 0 fully saturated rings. The number of carbonyl (C=O) groups excluding carboxylic acids is 1. The van der Waals surface area contributed by atoms with Gasteiger partial charge >= 0.3 is 0 Å². The van der Waals surface area contributed by atoms with Crippen molar-refractivity contribution in [2.24, 2.45) is 7.05 Å². The van der Waals surface area contributed by atoms with Gasteiger partial charge in [-0.25, -0.2) is 13.1 Å². The van der Waals surface area contributed by atoms with E-state index < -0.39 is 15.7 Å². The van der Waals surface area contributed by atoms with E-state index in [1.165, 1.54) is 16.8 Å². The Balaban J connectivity index is 1.92. The van der Waals surface area contributed by atoms with Crippen LogP contribution in [0.4, 0.5) is 5.69 Å². The molecule has 25 heavy (non-hydrogen) atoms. The Morgan fingerprint density at radius 3 is 2.56 bits per heavy atom. The average Bonchev–Trinajstić information content (AvgIpc) is 3.00. The van der Waals surface area contributed by atoms with Gasteiger partial charge in [0.05, 0.1) is 10.5 Å². The van der Waals surface area contributed by atoms with Crippen molar-refractivity contribution in [2.45, 2.75) is 4.90 Å². The number of sulfone groups is 1. The summed E-state index contributed by atoms with van der Waals surface area (Å²) >= 11 is 0. The predicted octanol–water partition coefficient (Wildman–Crippen LogP) is 1.53. The lowest BCUT2D eigenvalue weighted by atomic mass is 10.1. The van der Waals surface area contributed by atoms with Crippen molar-refractivity contribution in [1.29, 1.82) is 0 Å². The van der Waals surface area contributed by atoms with Crippen LogP contribution in [0, 0.1) is 0 Å². The third-order valence-electron chi connectivity index (χ3n) is 3.53. The van der Waals surface area contributed by atoms with Gasteiger partial charge in [-0.2, -0.15) is 0 Å². The maximum absolute atomic E-state index is 12.5. The zero-order chi connectivity index (χ0) is 18.0.